The molecule has 156 valence electrons. The number of morpholine rings is 1. The summed E-state index contributed by atoms with van der Waals surface area (Å²) >= 11 is 0. The monoisotopic (exact) mass is 428 g/mol. The van der Waals surface area contributed by atoms with Gasteiger partial charge in [0.25, 0.3) is 10.0 Å². The van der Waals surface area contributed by atoms with Crippen LogP contribution in [0.5, 0.6) is 0 Å². The Morgan fingerprint density at radius 3 is 2.33 bits per heavy atom. The minimum Gasteiger partial charge on any atom is -0.505 e. The first-order chi connectivity index (χ1) is 14.4. The van der Waals surface area contributed by atoms with E-state index in [1.807, 2.05) is 0 Å². The number of rotatable bonds is 3. The van der Waals surface area contributed by atoms with Crippen LogP contribution < -0.4 is 0 Å². The van der Waals surface area contributed by atoms with Gasteiger partial charge in [-0.15, -0.1) is 0 Å². The van der Waals surface area contributed by atoms with Gasteiger partial charge in [0.2, 0.25) is 11.7 Å². The van der Waals surface area contributed by atoms with Gasteiger partial charge in [-0.2, -0.15) is 0 Å². The molecular formula is C21H20N2O6S. The highest BCUT2D eigenvalue weighted by atomic mass is 32.2. The number of benzene rings is 2. The summed E-state index contributed by atoms with van der Waals surface area (Å²) in [6, 6.07) is 14.0. The zero-order valence-corrected chi connectivity index (χ0v) is 16.8. The molecule has 0 bridgehead atoms. The number of allylic oxidation sites excluding steroid dienone is 1. The summed E-state index contributed by atoms with van der Waals surface area (Å²) < 4.78 is 32.6. The molecule has 0 spiro atoms. The van der Waals surface area contributed by atoms with Gasteiger partial charge in [0.15, 0.2) is 5.76 Å². The molecule has 30 heavy (non-hydrogen) atoms. The Morgan fingerprint density at radius 1 is 1.00 bits per heavy atom. The first-order valence-corrected chi connectivity index (χ1v) is 10.9. The lowest BCUT2D eigenvalue weighted by Gasteiger charge is -2.34. The van der Waals surface area contributed by atoms with Crippen molar-refractivity contribution in [3.63, 3.8) is 0 Å². The first-order valence-electron chi connectivity index (χ1n) is 9.42. The van der Waals surface area contributed by atoms with Gasteiger partial charge < -0.3 is 14.7 Å². The maximum absolute atomic E-state index is 13.3. The van der Waals surface area contributed by atoms with E-state index in [4.69, 9.17) is 4.74 Å². The number of ketones is 1. The van der Waals surface area contributed by atoms with E-state index in [2.05, 4.69) is 0 Å². The number of amides is 1. The summed E-state index contributed by atoms with van der Waals surface area (Å²) in [6.45, 7) is 0.799. The highest BCUT2D eigenvalue weighted by molar-refractivity contribution is 7.89. The van der Waals surface area contributed by atoms with Crippen LogP contribution in [-0.2, 0) is 19.6 Å². The Labute approximate surface area is 174 Å². The quantitative estimate of drug-likeness (QED) is 0.589. The number of hydrogen-bond donors (Lipinski definition) is 1. The molecule has 1 saturated heterocycles. The number of Topliss-reactive ketones (excluding diaryl/α,β-unsaturated/α-hetero) is 1. The van der Waals surface area contributed by atoms with Gasteiger partial charge in [0, 0.05) is 24.2 Å². The number of carbonyl (C=O) groups excluding carboxylic acids is 2. The molecule has 2 aliphatic rings. The van der Waals surface area contributed by atoms with E-state index in [9.17, 15) is 23.1 Å². The van der Waals surface area contributed by atoms with Crippen molar-refractivity contribution in [3.05, 3.63) is 71.4 Å². The summed E-state index contributed by atoms with van der Waals surface area (Å²) in [7, 11) is -4.24. The fourth-order valence-electron chi connectivity index (χ4n) is 3.52. The molecule has 0 unspecified atom stereocenters. The van der Waals surface area contributed by atoms with Crippen LogP contribution in [0.25, 0.3) is 5.76 Å². The lowest BCUT2D eigenvalue weighted by atomic mass is 10.0. The van der Waals surface area contributed by atoms with Crippen molar-refractivity contribution < 1.29 is 27.9 Å². The van der Waals surface area contributed by atoms with Crippen LogP contribution in [0.3, 0.4) is 0 Å². The van der Waals surface area contributed by atoms with E-state index in [0.29, 0.717) is 26.3 Å². The number of nitrogens with zero attached hydrogens (tertiary/aromatic N) is 2. The van der Waals surface area contributed by atoms with E-state index in [1.54, 1.807) is 36.4 Å². The fourth-order valence-corrected chi connectivity index (χ4v) is 5.13. The zero-order valence-electron chi connectivity index (χ0n) is 16.0. The molecule has 2 heterocycles. The zero-order chi connectivity index (χ0) is 21.3. The van der Waals surface area contributed by atoms with Crippen LogP contribution in [0, 0.1) is 0 Å². The summed E-state index contributed by atoms with van der Waals surface area (Å²) in [5.74, 6) is -1.61. The Balaban J connectivity index is 1.85. The average molecular weight is 428 g/mol. The van der Waals surface area contributed by atoms with E-state index < -0.39 is 39.7 Å². The molecule has 4 rings (SSSR count). The normalized spacial score (nSPS) is 19.9. The third-order valence-corrected chi connectivity index (χ3v) is 6.88. The second-order valence-electron chi connectivity index (χ2n) is 6.89. The second kappa shape index (κ2) is 7.92. The minimum atomic E-state index is -4.24. The van der Waals surface area contributed by atoms with Crippen LogP contribution in [0.4, 0.5) is 0 Å². The molecule has 0 aromatic heterocycles. The fraction of sp³-hybridized carbons (Fsp3) is 0.238. The number of aliphatic hydroxyl groups excluding tert-OH is 1. The van der Waals surface area contributed by atoms with Crippen molar-refractivity contribution in [2.75, 3.05) is 32.8 Å². The number of ether oxygens (including phenoxy) is 1. The van der Waals surface area contributed by atoms with Crippen LogP contribution in [0.15, 0.2) is 65.2 Å². The topological polar surface area (TPSA) is 104 Å². The molecule has 2 aromatic carbocycles. The molecule has 1 N–H and O–H groups in total. The Morgan fingerprint density at radius 2 is 1.63 bits per heavy atom. The predicted octanol–water partition coefficient (Wildman–Crippen LogP) is 1.66. The lowest BCUT2D eigenvalue weighted by molar-refractivity contribution is -0.135. The van der Waals surface area contributed by atoms with E-state index in [-0.39, 0.29) is 16.0 Å². The van der Waals surface area contributed by atoms with Crippen molar-refractivity contribution in [3.8, 4) is 0 Å². The largest absolute Gasteiger partial charge is 0.505 e. The SMILES string of the molecule is O=C1/C(=C(\O)c2ccccc2)N(CC(=O)N2CCOCC2)S(=O)(=O)c2ccccc21. The number of aliphatic hydroxyl groups is 1. The molecule has 0 radical (unpaired) electrons. The van der Waals surface area contributed by atoms with Gasteiger partial charge in [-0.1, -0.05) is 42.5 Å². The molecule has 0 atom stereocenters. The van der Waals surface area contributed by atoms with Crippen molar-refractivity contribution in [1.82, 2.24) is 9.21 Å². The number of hydrogen-bond acceptors (Lipinski definition) is 6. The molecule has 0 aliphatic carbocycles. The van der Waals surface area contributed by atoms with Crippen LogP contribution in [0.1, 0.15) is 15.9 Å². The Kier molecular flexibility index (Phi) is 5.31. The smallest absolute Gasteiger partial charge is 0.265 e. The molecule has 1 amide bonds. The van der Waals surface area contributed by atoms with Gasteiger partial charge in [0.05, 0.1) is 18.1 Å². The number of sulfonamides is 1. The summed E-state index contributed by atoms with van der Waals surface area (Å²) in [5, 5.41) is 10.9. The van der Waals surface area contributed by atoms with Crippen LogP contribution in [-0.4, -0.2) is 67.3 Å². The van der Waals surface area contributed by atoms with Crippen LogP contribution >= 0.6 is 0 Å². The number of carbonyl (C=O) groups is 2. The van der Waals surface area contributed by atoms with Crippen molar-refractivity contribution in [1.29, 1.82) is 0 Å². The maximum atomic E-state index is 13.3. The van der Waals surface area contributed by atoms with Gasteiger partial charge in [-0.05, 0) is 12.1 Å². The third-order valence-electron chi connectivity index (χ3n) is 5.08. The van der Waals surface area contributed by atoms with E-state index in [0.717, 1.165) is 4.31 Å². The van der Waals surface area contributed by atoms with Crippen LogP contribution in [0.2, 0.25) is 0 Å². The predicted molar refractivity (Wildman–Crippen MR) is 108 cm³/mol. The first kappa shape index (κ1) is 20.1. The van der Waals surface area contributed by atoms with Crippen molar-refractivity contribution >= 4 is 27.5 Å². The average Bonchev–Trinajstić information content (AvgIpc) is 2.78. The highest BCUT2D eigenvalue weighted by Gasteiger charge is 2.43. The molecule has 9 heteroatoms. The minimum absolute atomic E-state index is 0.0370. The maximum Gasteiger partial charge on any atom is 0.265 e. The molecule has 2 aromatic rings. The Bertz CT molecular complexity index is 1120. The molecule has 8 nitrogen and oxygen atoms in total. The highest BCUT2D eigenvalue weighted by Crippen LogP contribution is 2.35. The second-order valence-corrected chi connectivity index (χ2v) is 8.72. The number of fused-ring (bicyclic) bond motifs is 1. The standard InChI is InChI=1S/C21H20N2O6S/c24-18(22-10-12-29-13-11-22)14-23-19(20(25)15-6-2-1-3-7-15)21(26)16-8-4-5-9-17(16)30(23,27)28/h1-9,25H,10-14H2/b20-19+. The van der Waals surface area contributed by atoms with Gasteiger partial charge in [0.1, 0.15) is 12.2 Å². The summed E-state index contributed by atoms with van der Waals surface area (Å²) in [4.78, 5) is 27.3. The molecular weight excluding hydrogens is 408 g/mol. The van der Waals surface area contributed by atoms with Crippen molar-refractivity contribution in [2.45, 2.75) is 4.90 Å². The molecule has 2 aliphatic heterocycles. The lowest BCUT2D eigenvalue weighted by Crippen LogP contribution is -2.49. The van der Waals surface area contributed by atoms with Gasteiger partial charge >= 0.3 is 0 Å². The van der Waals surface area contributed by atoms with Gasteiger partial charge in [-0.3, -0.25) is 9.59 Å². The van der Waals surface area contributed by atoms with E-state index in [1.165, 1.54) is 23.1 Å². The Hall–Kier alpha value is -3.17. The van der Waals surface area contributed by atoms with E-state index >= 15 is 0 Å². The van der Waals surface area contributed by atoms with Crippen molar-refractivity contribution in [2.24, 2.45) is 0 Å². The summed E-state index contributed by atoms with van der Waals surface area (Å²) in [6.07, 6.45) is 0. The molecule has 0 saturated carbocycles. The molecule has 1 fully saturated rings. The third kappa shape index (κ3) is 3.46. The summed E-state index contributed by atoms with van der Waals surface area (Å²) in [5.41, 5.74) is -0.189. The van der Waals surface area contributed by atoms with Gasteiger partial charge in [-0.25, -0.2) is 12.7 Å².